The van der Waals surface area contributed by atoms with Crippen LogP contribution in [0, 0.1) is 0 Å². The van der Waals surface area contributed by atoms with Crippen molar-refractivity contribution in [1.82, 2.24) is 0 Å². The minimum absolute atomic E-state index is 0.116. The first kappa shape index (κ1) is 20.6. The van der Waals surface area contributed by atoms with E-state index < -0.39 is 11.9 Å². The van der Waals surface area contributed by atoms with Crippen LogP contribution < -0.4 is 20.5 Å². The third kappa shape index (κ3) is 5.23. The van der Waals surface area contributed by atoms with E-state index in [1.54, 1.807) is 61.7 Å². The summed E-state index contributed by atoms with van der Waals surface area (Å²) in [5, 5.41) is 16.5. The molecule has 0 saturated heterocycles. The zero-order valence-electron chi connectivity index (χ0n) is 16.2. The second kappa shape index (κ2) is 9.38. The van der Waals surface area contributed by atoms with Crippen LogP contribution in [0.4, 0.5) is 11.4 Å². The number of benzene rings is 3. The van der Waals surface area contributed by atoms with E-state index in [9.17, 15) is 19.5 Å². The highest BCUT2D eigenvalue weighted by Crippen LogP contribution is 2.18. The topological polar surface area (TPSA) is 108 Å². The van der Waals surface area contributed by atoms with Gasteiger partial charge in [-0.2, -0.15) is 0 Å². The number of para-hydroxylation sites is 1. The molecule has 2 N–H and O–H groups in total. The molecule has 3 rings (SSSR count). The maximum Gasteiger partial charge on any atom is 0.255 e. The van der Waals surface area contributed by atoms with Gasteiger partial charge in [-0.25, -0.2) is 0 Å². The smallest absolute Gasteiger partial charge is 0.255 e. The first-order valence-electron chi connectivity index (χ1n) is 9.11. The van der Waals surface area contributed by atoms with Gasteiger partial charge in [0.1, 0.15) is 5.75 Å². The summed E-state index contributed by atoms with van der Waals surface area (Å²) in [5.41, 5.74) is 1.56. The number of carbonyl (C=O) groups excluding carboxylic acids is 3. The lowest BCUT2D eigenvalue weighted by atomic mass is 10.1. The number of rotatable bonds is 7. The van der Waals surface area contributed by atoms with Crippen LogP contribution in [0.5, 0.6) is 5.75 Å². The molecular weight excluding hydrogens is 384 g/mol. The van der Waals surface area contributed by atoms with Crippen LogP contribution in [0.1, 0.15) is 26.3 Å². The van der Waals surface area contributed by atoms with Gasteiger partial charge in [-0.1, -0.05) is 36.4 Å². The molecule has 0 aliphatic heterocycles. The number of carbonyl (C=O) groups is 3. The Bertz CT molecular complexity index is 1080. The number of ether oxygens (including phenoxy) is 1. The van der Waals surface area contributed by atoms with Gasteiger partial charge in [-0.15, -0.1) is 0 Å². The summed E-state index contributed by atoms with van der Waals surface area (Å²) in [7, 11) is 1.57. The van der Waals surface area contributed by atoms with Crippen LogP contribution in [0.25, 0.3) is 0 Å². The molecule has 0 radical (unpaired) electrons. The van der Waals surface area contributed by atoms with E-state index in [2.05, 4.69) is 10.6 Å². The lowest BCUT2D eigenvalue weighted by molar-refractivity contribution is -0.254. The van der Waals surface area contributed by atoms with E-state index >= 15 is 0 Å². The van der Waals surface area contributed by atoms with Gasteiger partial charge in [0.25, 0.3) is 5.91 Å². The zero-order chi connectivity index (χ0) is 21.5. The normalized spacial score (nSPS) is 10.2. The van der Waals surface area contributed by atoms with Crippen LogP contribution in [-0.2, 0) is 11.2 Å². The number of hydrogen-bond donors (Lipinski definition) is 2. The molecule has 0 bridgehead atoms. The largest absolute Gasteiger partial charge is 0.545 e. The molecule has 7 nitrogen and oxygen atoms in total. The number of carboxylic acid groups (broad SMARTS) is 1. The zero-order valence-corrected chi connectivity index (χ0v) is 16.2. The first-order chi connectivity index (χ1) is 14.5. The molecule has 0 atom stereocenters. The van der Waals surface area contributed by atoms with Crippen molar-refractivity contribution in [3.8, 4) is 5.75 Å². The summed E-state index contributed by atoms with van der Waals surface area (Å²) < 4.78 is 5.09. The predicted molar refractivity (Wildman–Crippen MR) is 110 cm³/mol. The number of amides is 2. The number of methoxy groups -OCH3 is 1. The second-order valence-corrected chi connectivity index (χ2v) is 6.44. The Morgan fingerprint density at radius 1 is 0.900 bits per heavy atom. The van der Waals surface area contributed by atoms with E-state index in [-0.39, 0.29) is 29.1 Å². The molecule has 0 saturated carbocycles. The average molecular weight is 403 g/mol. The summed E-state index contributed by atoms with van der Waals surface area (Å²) in [6, 6.07) is 19.5. The van der Waals surface area contributed by atoms with Crippen molar-refractivity contribution in [3.63, 3.8) is 0 Å². The van der Waals surface area contributed by atoms with Gasteiger partial charge in [-0.05, 0) is 42.0 Å². The van der Waals surface area contributed by atoms with Gasteiger partial charge in [0.05, 0.1) is 25.2 Å². The quantitative estimate of drug-likeness (QED) is 0.630. The van der Waals surface area contributed by atoms with E-state index in [4.69, 9.17) is 4.74 Å². The van der Waals surface area contributed by atoms with Crippen LogP contribution in [0.3, 0.4) is 0 Å². The van der Waals surface area contributed by atoms with Crippen molar-refractivity contribution in [2.24, 2.45) is 0 Å². The molecule has 30 heavy (non-hydrogen) atoms. The number of hydrogen-bond acceptors (Lipinski definition) is 5. The molecular formula is C23H19N2O5-. The van der Waals surface area contributed by atoms with E-state index in [1.165, 1.54) is 18.2 Å². The van der Waals surface area contributed by atoms with E-state index in [0.29, 0.717) is 11.4 Å². The molecule has 0 aromatic heterocycles. The highest BCUT2D eigenvalue weighted by molar-refractivity contribution is 6.08. The maximum absolute atomic E-state index is 12.5. The van der Waals surface area contributed by atoms with Crippen LogP contribution in [0.15, 0.2) is 72.8 Å². The SMILES string of the molecule is COc1ccc(CC(=O)Nc2cccc(C(=O)Nc3ccccc3C(=O)[O-])c2)cc1. The van der Waals surface area contributed by atoms with Crippen molar-refractivity contribution in [2.75, 3.05) is 17.7 Å². The minimum atomic E-state index is -1.38. The Labute approximate surface area is 173 Å². The molecule has 0 fully saturated rings. The Morgan fingerprint density at radius 3 is 2.33 bits per heavy atom. The highest BCUT2D eigenvalue weighted by Gasteiger charge is 2.11. The highest BCUT2D eigenvalue weighted by atomic mass is 16.5. The molecule has 0 aliphatic rings. The molecule has 0 aliphatic carbocycles. The van der Waals surface area contributed by atoms with Crippen LogP contribution in [-0.4, -0.2) is 24.9 Å². The molecule has 0 heterocycles. The average Bonchev–Trinajstić information content (AvgIpc) is 2.74. The maximum atomic E-state index is 12.5. The number of carboxylic acids is 1. The fourth-order valence-electron chi connectivity index (χ4n) is 2.84. The standard InChI is InChI=1S/C23H20N2O5/c1-30-18-11-9-15(10-12-18)13-21(26)24-17-6-4-5-16(14-17)22(27)25-20-8-3-2-7-19(20)23(28)29/h2-12,14H,13H2,1H3,(H,24,26)(H,25,27)(H,28,29)/p-1. The van der Waals surface area contributed by atoms with Gasteiger partial charge in [-0.3, -0.25) is 9.59 Å². The Balaban J connectivity index is 1.67. The summed E-state index contributed by atoms with van der Waals surface area (Å²) in [4.78, 5) is 36.0. The van der Waals surface area contributed by atoms with Gasteiger partial charge in [0.2, 0.25) is 5.91 Å². The van der Waals surface area contributed by atoms with Crippen LogP contribution in [0.2, 0.25) is 0 Å². The monoisotopic (exact) mass is 403 g/mol. The number of aromatic carboxylic acids is 1. The van der Waals surface area contributed by atoms with Gasteiger partial charge < -0.3 is 25.3 Å². The molecule has 152 valence electrons. The number of nitrogens with one attached hydrogen (secondary N) is 2. The third-order valence-corrected chi connectivity index (χ3v) is 4.33. The van der Waals surface area contributed by atoms with Crippen molar-refractivity contribution < 1.29 is 24.2 Å². The Kier molecular flexibility index (Phi) is 6.44. The van der Waals surface area contributed by atoms with E-state index in [0.717, 1.165) is 5.56 Å². The fourth-order valence-corrected chi connectivity index (χ4v) is 2.84. The van der Waals surface area contributed by atoms with Gasteiger partial charge >= 0.3 is 0 Å². The number of anilines is 2. The van der Waals surface area contributed by atoms with Crippen molar-refractivity contribution >= 4 is 29.2 Å². The summed E-state index contributed by atoms with van der Waals surface area (Å²) >= 11 is 0. The Morgan fingerprint density at radius 2 is 1.63 bits per heavy atom. The molecule has 7 heteroatoms. The van der Waals surface area contributed by atoms with E-state index in [1.807, 2.05) is 0 Å². The molecule has 3 aromatic carbocycles. The Hall–Kier alpha value is -4.13. The molecule has 0 unspecified atom stereocenters. The van der Waals surface area contributed by atoms with Crippen molar-refractivity contribution in [3.05, 3.63) is 89.5 Å². The van der Waals surface area contributed by atoms with Crippen LogP contribution >= 0.6 is 0 Å². The summed E-state index contributed by atoms with van der Waals surface area (Å²) in [6.07, 6.45) is 0.166. The van der Waals surface area contributed by atoms with Crippen molar-refractivity contribution in [2.45, 2.75) is 6.42 Å². The first-order valence-corrected chi connectivity index (χ1v) is 9.11. The van der Waals surface area contributed by atoms with Gasteiger partial charge in [0.15, 0.2) is 0 Å². The fraction of sp³-hybridized carbons (Fsp3) is 0.0870. The molecule has 2 amide bonds. The minimum Gasteiger partial charge on any atom is -0.545 e. The third-order valence-electron chi connectivity index (χ3n) is 4.33. The van der Waals surface area contributed by atoms with Crippen molar-refractivity contribution in [1.29, 1.82) is 0 Å². The lowest BCUT2D eigenvalue weighted by Gasteiger charge is -2.12. The molecule has 0 spiro atoms. The lowest BCUT2D eigenvalue weighted by Crippen LogP contribution is -2.24. The summed E-state index contributed by atoms with van der Waals surface area (Å²) in [5.74, 6) is -1.42. The van der Waals surface area contributed by atoms with Gasteiger partial charge in [0, 0.05) is 16.8 Å². The molecule has 3 aromatic rings. The summed E-state index contributed by atoms with van der Waals surface area (Å²) in [6.45, 7) is 0. The predicted octanol–water partition coefficient (Wildman–Crippen LogP) is 2.49. The second-order valence-electron chi connectivity index (χ2n) is 6.44.